The van der Waals surface area contributed by atoms with E-state index in [9.17, 15) is 5.11 Å². The minimum atomic E-state index is -0.197. The zero-order chi connectivity index (χ0) is 17.2. The molecule has 2 N–H and O–H groups in total. The lowest BCUT2D eigenvalue weighted by atomic mass is 9.79. The van der Waals surface area contributed by atoms with Crippen LogP contribution in [0.5, 0.6) is 5.75 Å². The van der Waals surface area contributed by atoms with Crippen molar-refractivity contribution < 1.29 is 9.84 Å². The van der Waals surface area contributed by atoms with Crippen molar-refractivity contribution in [3.05, 3.63) is 42.0 Å². The Morgan fingerprint density at radius 3 is 2.40 bits per heavy atom. The maximum absolute atomic E-state index is 9.98. The van der Waals surface area contributed by atoms with Crippen molar-refractivity contribution in [2.24, 2.45) is 5.41 Å². The van der Waals surface area contributed by atoms with Gasteiger partial charge in [0.1, 0.15) is 5.75 Å². The molecule has 25 heavy (non-hydrogen) atoms. The Labute approximate surface area is 156 Å². The molecule has 0 amide bonds. The van der Waals surface area contributed by atoms with E-state index < -0.39 is 0 Å². The molecule has 1 aliphatic rings. The third-order valence-electron chi connectivity index (χ3n) is 5.05. The van der Waals surface area contributed by atoms with Crippen molar-refractivity contribution in [3.63, 3.8) is 0 Å². The lowest BCUT2D eigenvalue weighted by Crippen LogP contribution is -2.49. The van der Waals surface area contributed by atoms with E-state index in [0.717, 1.165) is 31.9 Å². The number of fused-ring (bicyclic) bond motifs is 1. The lowest BCUT2D eigenvalue weighted by molar-refractivity contribution is 0.0306. The van der Waals surface area contributed by atoms with Crippen molar-refractivity contribution in [1.29, 1.82) is 0 Å². The normalized spacial score (nSPS) is 17.1. The minimum Gasteiger partial charge on any atom is -0.497 e. The molecule has 5 heteroatoms. The van der Waals surface area contributed by atoms with Crippen molar-refractivity contribution in [2.75, 3.05) is 39.9 Å². The molecule has 0 unspecified atom stereocenters. The van der Waals surface area contributed by atoms with Crippen LogP contribution < -0.4 is 10.1 Å². The summed E-state index contributed by atoms with van der Waals surface area (Å²) in [6, 6.07) is 13.0. The van der Waals surface area contributed by atoms with E-state index in [-0.39, 0.29) is 30.5 Å². The standard InChI is InChI=1S/C20H28N2O2.ClH/c1-20(2,14-23)19(22-10-8-21-9-11-22)17-5-4-16-13-18(24-3)7-6-15(16)12-17;/h4-7,12-13,19,21,23H,8-11,14H2,1-3H3;1H/t19-;/m0./s1. The number of halogens is 1. The molecule has 1 heterocycles. The highest BCUT2D eigenvalue weighted by Gasteiger charge is 2.35. The summed E-state index contributed by atoms with van der Waals surface area (Å²) in [5.41, 5.74) is 1.07. The molecule has 3 rings (SSSR count). The monoisotopic (exact) mass is 364 g/mol. The van der Waals surface area contributed by atoms with Crippen LogP contribution >= 0.6 is 12.4 Å². The molecule has 1 saturated heterocycles. The summed E-state index contributed by atoms with van der Waals surface area (Å²) < 4.78 is 5.32. The highest BCUT2D eigenvalue weighted by atomic mass is 35.5. The van der Waals surface area contributed by atoms with E-state index in [1.165, 1.54) is 16.3 Å². The third kappa shape index (κ3) is 4.26. The predicted octanol–water partition coefficient (Wildman–Crippen LogP) is 3.24. The van der Waals surface area contributed by atoms with Gasteiger partial charge in [0.15, 0.2) is 0 Å². The van der Waals surface area contributed by atoms with E-state index in [0.29, 0.717) is 0 Å². The molecule has 0 spiro atoms. The molecule has 4 nitrogen and oxygen atoms in total. The maximum atomic E-state index is 9.98. The number of nitrogens with zero attached hydrogens (tertiary/aromatic N) is 1. The number of ether oxygens (including phenoxy) is 1. The van der Waals surface area contributed by atoms with Crippen LogP contribution in [0.15, 0.2) is 36.4 Å². The second-order valence-corrected chi connectivity index (χ2v) is 7.31. The number of rotatable bonds is 5. The van der Waals surface area contributed by atoms with Crippen LogP contribution in [0.1, 0.15) is 25.5 Å². The Morgan fingerprint density at radius 2 is 1.76 bits per heavy atom. The van der Waals surface area contributed by atoms with Gasteiger partial charge in [-0.1, -0.05) is 32.0 Å². The molecule has 0 aliphatic carbocycles. The predicted molar refractivity (Wildman–Crippen MR) is 106 cm³/mol. The van der Waals surface area contributed by atoms with Gasteiger partial charge in [0.25, 0.3) is 0 Å². The number of aliphatic hydroxyl groups is 1. The second-order valence-electron chi connectivity index (χ2n) is 7.31. The Morgan fingerprint density at radius 1 is 1.12 bits per heavy atom. The molecule has 0 bridgehead atoms. The second kappa shape index (κ2) is 8.37. The van der Waals surface area contributed by atoms with Gasteiger partial charge in [0.05, 0.1) is 7.11 Å². The summed E-state index contributed by atoms with van der Waals surface area (Å²) >= 11 is 0. The van der Waals surface area contributed by atoms with Crippen molar-refractivity contribution in [2.45, 2.75) is 19.9 Å². The Kier molecular flexibility index (Phi) is 6.69. The zero-order valence-electron chi connectivity index (χ0n) is 15.3. The number of piperazine rings is 1. The average molecular weight is 365 g/mol. The molecule has 138 valence electrons. The molecule has 0 saturated carbocycles. The van der Waals surface area contributed by atoms with Gasteiger partial charge in [-0.2, -0.15) is 0 Å². The number of methoxy groups -OCH3 is 1. The minimum absolute atomic E-state index is 0. The van der Waals surface area contributed by atoms with Gasteiger partial charge in [0.2, 0.25) is 0 Å². The van der Waals surface area contributed by atoms with Crippen LogP contribution in [-0.2, 0) is 0 Å². The first-order chi connectivity index (χ1) is 11.5. The smallest absolute Gasteiger partial charge is 0.119 e. The van der Waals surface area contributed by atoms with E-state index in [1.54, 1.807) is 7.11 Å². The molecule has 2 aromatic carbocycles. The van der Waals surface area contributed by atoms with Crippen LogP contribution in [0.2, 0.25) is 0 Å². The fourth-order valence-electron chi connectivity index (χ4n) is 3.72. The fourth-order valence-corrected chi connectivity index (χ4v) is 3.72. The van der Waals surface area contributed by atoms with E-state index in [2.05, 4.69) is 54.4 Å². The van der Waals surface area contributed by atoms with E-state index in [1.807, 2.05) is 6.07 Å². The molecule has 0 radical (unpaired) electrons. The number of hydrogen-bond donors (Lipinski definition) is 2. The van der Waals surface area contributed by atoms with Crippen LogP contribution in [0, 0.1) is 5.41 Å². The fraction of sp³-hybridized carbons (Fsp3) is 0.500. The van der Waals surface area contributed by atoms with Crippen molar-refractivity contribution >= 4 is 23.2 Å². The first-order valence-electron chi connectivity index (χ1n) is 8.68. The van der Waals surface area contributed by atoms with Crippen LogP contribution in [0.4, 0.5) is 0 Å². The highest BCUT2D eigenvalue weighted by molar-refractivity contribution is 5.85. The topological polar surface area (TPSA) is 44.7 Å². The summed E-state index contributed by atoms with van der Waals surface area (Å²) in [4.78, 5) is 2.50. The molecular formula is C20H29ClN2O2. The summed E-state index contributed by atoms with van der Waals surface area (Å²) in [5.74, 6) is 0.879. The average Bonchev–Trinajstić information content (AvgIpc) is 2.62. The first kappa shape index (κ1) is 20.0. The number of benzene rings is 2. The van der Waals surface area contributed by atoms with Crippen molar-refractivity contribution in [3.8, 4) is 5.75 Å². The van der Waals surface area contributed by atoms with Gasteiger partial charge in [-0.25, -0.2) is 0 Å². The molecule has 2 aromatic rings. The van der Waals surface area contributed by atoms with Gasteiger partial charge < -0.3 is 15.2 Å². The Bertz CT molecular complexity index is 699. The third-order valence-corrected chi connectivity index (χ3v) is 5.05. The Hall–Kier alpha value is -1.33. The van der Waals surface area contributed by atoms with Crippen LogP contribution in [0.3, 0.4) is 0 Å². The van der Waals surface area contributed by atoms with Gasteiger partial charge in [-0.3, -0.25) is 4.90 Å². The molecule has 1 aliphatic heterocycles. The summed E-state index contributed by atoms with van der Waals surface area (Å²) in [5, 5.41) is 15.8. The number of nitrogens with one attached hydrogen (secondary N) is 1. The molecule has 1 atom stereocenters. The molecular weight excluding hydrogens is 336 g/mol. The Balaban J connectivity index is 0.00000225. The summed E-state index contributed by atoms with van der Waals surface area (Å²) in [6.45, 7) is 8.49. The zero-order valence-corrected chi connectivity index (χ0v) is 16.1. The van der Waals surface area contributed by atoms with Gasteiger partial charge >= 0.3 is 0 Å². The number of aliphatic hydroxyl groups excluding tert-OH is 1. The highest BCUT2D eigenvalue weighted by Crippen LogP contribution is 2.39. The van der Waals surface area contributed by atoms with Crippen molar-refractivity contribution in [1.82, 2.24) is 10.2 Å². The van der Waals surface area contributed by atoms with E-state index >= 15 is 0 Å². The first-order valence-corrected chi connectivity index (χ1v) is 8.68. The van der Waals surface area contributed by atoms with Gasteiger partial charge in [-0.15, -0.1) is 12.4 Å². The quantitative estimate of drug-likeness (QED) is 0.855. The molecule has 1 fully saturated rings. The van der Waals surface area contributed by atoms with Crippen LogP contribution in [0.25, 0.3) is 10.8 Å². The van der Waals surface area contributed by atoms with Crippen LogP contribution in [-0.4, -0.2) is 49.9 Å². The van der Waals surface area contributed by atoms with Gasteiger partial charge in [-0.05, 0) is 34.5 Å². The lowest BCUT2D eigenvalue weighted by Gasteiger charge is -2.43. The van der Waals surface area contributed by atoms with E-state index in [4.69, 9.17) is 4.74 Å². The molecule has 0 aromatic heterocycles. The summed E-state index contributed by atoms with van der Waals surface area (Å²) in [7, 11) is 1.69. The maximum Gasteiger partial charge on any atom is 0.119 e. The number of hydrogen-bond acceptors (Lipinski definition) is 4. The van der Waals surface area contributed by atoms with Gasteiger partial charge in [0, 0.05) is 44.2 Å². The SMILES string of the molecule is COc1ccc2cc([C@H](N3CCNCC3)C(C)(C)CO)ccc2c1.Cl. The largest absolute Gasteiger partial charge is 0.497 e. The summed E-state index contributed by atoms with van der Waals surface area (Å²) in [6.07, 6.45) is 0.